The van der Waals surface area contributed by atoms with Crippen LogP contribution in [0.1, 0.15) is 322 Å². The Labute approximate surface area is 390 Å². The number of carbonyl (C=O) groups is 3. The minimum absolute atomic E-state index is 0.0808. The third-order valence-corrected chi connectivity index (χ3v) is 12.9. The summed E-state index contributed by atoms with van der Waals surface area (Å²) in [5.41, 5.74) is 0.486. The molecule has 0 atom stereocenters. The van der Waals surface area contributed by atoms with E-state index in [1.165, 1.54) is 224 Å². The summed E-state index contributed by atoms with van der Waals surface area (Å²) < 4.78 is 17.0. The Balaban J connectivity index is 2.46. The summed E-state index contributed by atoms with van der Waals surface area (Å²) in [5, 5.41) is 0. The molecule has 0 aromatic heterocycles. The third kappa shape index (κ3) is 36.5. The summed E-state index contributed by atoms with van der Waals surface area (Å²) in [7, 11) is 0. The first-order valence-electron chi connectivity index (χ1n) is 27.7. The molecule has 0 fully saturated rings. The van der Waals surface area contributed by atoms with Gasteiger partial charge in [0, 0.05) is 0 Å². The van der Waals surface area contributed by atoms with Crippen LogP contribution < -0.4 is 0 Å². The van der Waals surface area contributed by atoms with Gasteiger partial charge in [-0.2, -0.15) is 0 Å². The summed E-state index contributed by atoms with van der Waals surface area (Å²) in [5.74, 6) is -1.61. The zero-order valence-electron chi connectivity index (χ0n) is 42.0. The monoisotopic (exact) mass is 883 g/mol. The van der Waals surface area contributed by atoms with Crippen molar-refractivity contribution in [3.05, 3.63) is 34.9 Å². The van der Waals surface area contributed by atoms with Gasteiger partial charge >= 0.3 is 17.9 Å². The smallest absolute Gasteiger partial charge is 0.339 e. The average molecular weight is 883 g/mol. The molecule has 1 aromatic carbocycles. The SMILES string of the molecule is CCCCCCCCCCCCCCCCOC(=O)c1ccc(C(=O)OCCCCCCCCCCCCCCCC)c(C(=O)OCCCCCCCCCCCCCCCC)c1. The first-order valence-corrected chi connectivity index (χ1v) is 27.7. The topological polar surface area (TPSA) is 78.9 Å². The molecule has 0 N–H and O–H groups in total. The van der Waals surface area contributed by atoms with Gasteiger partial charge in [0.15, 0.2) is 0 Å². The van der Waals surface area contributed by atoms with Crippen molar-refractivity contribution in [2.75, 3.05) is 19.8 Å². The Kier molecular flexibility index (Phi) is 43.0. The molecule has 0 spiro atoms. The maximum atomic E-state index is 13.4. The second-order valence-corrected chi connectivity index (χ2v) is 19.0. The highest BCUT2D eigenvalue weighted by Gasteiger charge is 2.22. The zero-order chi connectivity index (χ0) is 45.5. The van der Waals surface area contributed by atoms with Gasteiger partial charge in [0.2, 0.25) is 0 Å². The van der Waals surface area contributed by atoms with Crippen LogP contribution in [0.3, 0.4) is 0 Å². The van der Waals surface area contributed by atoms with E-state index in [0.717, 1.165) is 57.8 Å². The van der Waals surface area contributed by atoms with E-state index in [0.29, 0.717) is 13.2 Å². The van der Waals surface area contributed by atoms with Gasteiger partial charge in [-0.15, -0.1) is 0 Å². The molecule has 6 nitrogen and oxygen atoms in total. The zero-order valence-corrected chi connectivity index (χ0v) is 42.0. The van der Waals surface area contributed by atoms with Gasteiger partial charge < -0.3 is 14.2 Å². The number of carbonyl (C=O) groups excluding carboxylic acids is 3. The highest BCUT2D eigenvalue weighted by atomic mass is 16.5. The van der Waals surface area contributed by atoms with Gasteiger partial charge in [0.1, 0.15) is 0 Å². The molecule has 0 unspecified atom stereocenters. The standard InChI is InChI=1S/C57H102O6/c1-4-7-10-13-16-19-22-25-28-31-34-37-40-43-48-61-55(58)52-46-47-53(56(59)62-49-44-41-38-35-32-29-26-23-20-17-14-11-8-5-2)54(51-52)57(60)63-50-45-42-39-36-33-30-27-24-21-18-15-12-9-6-3/h46-47,51H,4-45,48-50H2,1-3H3. The minimum atomic E-state index is -0.588. The van der Waals surface area contributed by atoms with Crippen molar-refractivity contribution >= 4 is 17.9 Å². The van der Waals surface area contributed by atoms with Crippen molar-refractivity contribution in [3.8, 4) is 0 Å². The maximum Gasteiger partial charge on any atom is 0.339 e. The van der Waals surface area contributed by atoms with E-state index in [9.17, 15) is 14.4 Å². The van der Waals surface area contributed by atoms with Crippen LogP contribution >= 0.6 is 0 Å². The Morgan fingerprint density at radius 2 is 0.508 bits per heavy atom. The van der Waals surface area contributed by atoms with Crippen LogP contribution in [-0.2, 0) is 14.2 Å². The average Bonchev–Trinajstić information content (AvgIpc) is 3.29. The number of unbranched alkanes of at least 4 members (excludes halogenated alkanes) is 39. The predicted octanol–water partition coefficient (Wildman–Crippen LogP) is 18.6. The summed E-state index contributed by atoms with van der Waals surface area (Å²) >= 11 is 0. The minimum Gasteiger partial charge on any atom is -0.462 e. The van der Waals surface area contributed by atoms with E-state index in [2.05, 4.69) is 20.8 Å². The lowest BCUT2D eigenvalue weighted by Crippen LogP contribution is -2.17. The van der Waals surface area contributed by atoms with Crippen LogP contribution in [0.4, 0.5) is 0 Å². The van der Waals surface area contributed by atoms with Crippen LogP contribution in [0.2, 0.25) is 0 Å². The molecule has 63 heavy (non-hydrogen) atoms. The number of rotatable bonds is 48. The highest BCUT2D eigenvalue weighted by Crippen LogP contribution is 2.20. The number of hydrogen-bond acceptors (Lipinski definition) is 6. The molecule has 1 rings (SSSR count). The number of hydrogen-bond donors (Lipinski definition) is 0. The molecular weight excluding hydrogens is 781 g/mol. The number of ether oxygens (including phenoxy) is 3. The van der Waals surface area contributed by atoms with Crippen molar-refractivity contribution < 1.29 is 28.6 Å². The molecular formula is C57H102O6. The summed E-state index contributed by atoms with van der Waals surface area (Å²) in [6, 6.07) is 4.56. The fraction of sp³-hybridized carbons (Fsp3) is 0.842. The molecule has 0 aliphatic rings. The van der Waals surface area contributed by atoms with Gasteiger partial charge in [-0.1, -0.05) is 271 Å². The molecule has 366 valence electrons. The molecule has 0 bridgehead atoms. The fourth-order valence-corrected chi connectivity index (χ4v) is 8.64. The third-order valence-electron chi connectivity index (χ3n) is 12.9. The largest absolute Gasteiger partial charge is 0.462 e. The van der Waals surface area contributed by atoms with Gasteiger partial charge in [-0.3, -0.25) is 0 Å². The van der Waals surface area contributed by atoms with Crippen LogP contribution in [-0.4, -0.2) is 37.7 Å². The van der Waals surface area contributed by atoms with E-state index in [-0.39, 0.29) is 23.3 Å². The fourth-order valence-electron chi connectivity index (χ4n) is 8.64. The first kappa shape index (κ1) is 58.6. The first-order chi connectivity index (χ1) is 31.0. The Hall–Kier alpha value is -2.37. The Bertz CT molecular complexity index is 1180. The van der Waals surface area contributed by atoms with Crippen molar-refractivity contribution in [2.24, 2.45) is 0 Å². The van der Waals surface area contributed by atoms with Crippen LogP contribution in [0.5, 0.6) is 0 Å². The molecule has 0 aliphatic heterocycles. The quantitative estimate of drug-likeness (QED) is 0.0368. The molecule has 0 saturated heterocycles. The molecule has 0 aliphatic carbocycles. The molecule has 0 saturated carbocycles. The number of benzene rings is 1. The van der Waals surface area contributed by atoms with E-state index >= 15 is 0 Å². The lowest BCUT2D eigenvalue weighted by molar-refractivity contribution is 0.0447. The second kappa shape index (κ2) is 46.2. The van der Waals surface area contributed by atoms with Crippen molar-refractivity contribution in [1.29, 1.82) is 0 Å². The van der Waals surface area contributed by atoms with Crippen LogP contribution in [0.15, 0.2) is 18.2 Å². The molecule has 0 heterocycles. The van der Waals surface area contributed by atoms with Gasteiger partial charge in [0.25, 0.3) is 0 Å². The highest BCUT2D eigenvalue weighted by molar-refractivity contribution is 6.05. The number of esters is 3. The summed E-state index contributed by atoms with van der Waals surface area (Å²) in [4.78, 5) is 39.8. The van der Waals surface area contributed by atoms with E-state index in [4.69, 9.17) is 14.2 Å². The molecule has 0 radical (unpaired) electrons. The Morgan fingerprint density at radius 3 is 0.778 bits per heavy atom. The van der Waals surface area contributed by atoms with E-state index in [1.807, 2.05) is 0 Å². The van der Waals surface area contributed by atoms with Gasteiger partial charge in [-0.25, -0.2) is 14.4 Å². The molecule has 6 heteroatoms. The molecule has 0 amide bonds. The lowest BCUT2D eigenvalue weighted by atomic mass is 10.0. The summed E-state index contributed by atoms with van der Waals surface area (Å²) in [6.07, 6.45) is 53.1. The normalized spacial score (nSPS) is 11.3. The van der Waals surface area contributed by atoms with Crippen molar-refractivity contribution in [3.63, 3.8) is 0 Å². The maximum absolute atomic E-state index is 13.4. The summed E-state index contributed by atoms with van der Waals surface area (Å²) in [6.45, 7) is 7.76. The second-order valence-electron chi connectivity index (χ2n) is 19.0. The van der Waals surface area contributed by atoms with Crippen molar-refractivity contribution in [2.45, 2.75) is 290 Å². The molecule has 1 aromatic rings. The van der Waals surface area contributed by atoms with Crippen molar-refractivity contribution in [1.82, 2.24) is 0 Å². The predicted molar refractivity (Wildman–Crippen MR) is 268 cm³/mol. The van der Waals surface area contributed by atoms with E-state index in [1.54, 1.807) is 6.07 Å². The van der Waals surface area contributed by atoms with E-state index < -0.39 is 17.9 Å². The lowest BCUT2D eigenvalue weighted by Gasteiger charge is -2.12. The Morgan fingerprint density at radius 1 is 0.286 bits per heavy atom. The van der Waals surface area contributed by atoms with Crippen LogP contribution in [0, 0.1) is 0 Å². The van der Waals surface area contributed by atoms with Crippen LogP contribution in [0.25, 0.3) is 0 Å². The van der Waals surface area contributed by atoms with Gasteiger partial charge in [0.05, 0.1) is 36.5 Å². The van der Waals surface area contributed by atoms with Gasteiger partial charge in [-0.05, 0) is 37.5 Å².